The molecule has 0 radical (unpaired) electrons. The van der Waals surface area contributed by atoms with Gasteiger partial charge in [-0.3, -0.25) is 0 Å². The molecule has 1 N–H and O–H groups in total. The minimum absolute atomic E-state index is 0.459. The summed E-state index contributed by atoms with van der Waals surface area (Å²) in [6.07, 6.45) is 2.66. The Morgan fingerprint density at radius 1 is 1.22 bits per heavy atom. The van der Waals surface area contributed by atoms with Crippen molar-refractivity contribution in [1.29, 1.82) is 0 Å². The predicted octanol–water partition coefficient (Wildman–Crippen LogP) is 3.42. The normalized spacial score (nSPS) is 18.9. The predicted molar refractivity (Wildman–Crippen MR) is 79.1 cm³/mol. The van der Waals surface area contributed by atoms with Gasteiger partial charge in [0.1, 0.15) is 0 Å². The van der Waals surface area contributed by atoms with Gasteiger partial charge in [-0.2, -0.15) is 0 Å². The first kappa shape index (κ1) is 13.4. The Labute approximate surface area is 111 Å². The van der Waals surface area contributed by atoms with Crippen molar-refractivity contribution in [2.24, 2.45) is 5.41 Å². The number of rotatable bonds is 4. The third-order valence-corrected chi connectivity index (χ3v) is 3.78. The minimum atomic E-state index is 0.459. The molecule has 1 aliphatic heterocycles. The molecule has 1 saturated heterocycles. The molecule has 1 aromatic carbocycles. The standard InChI is InChI=1S/C16H26N2/c1-4-17-12-14-6-8-15(9-7-14)18-11-5-10-16(2,3)13-18/h6-9,17H,4-5,10-13H2,1-3H3. The summed E-state index contributed by atoms with van der Waals surface area (Å²) in [5.74, 6) is 0. The van der Waals surface area contributed by atoms with Gasteiger partial charge in [-0.15, -0.1) is 0 Å². The zero-order valence-electron chi connectivity index (χ0n) is 12.0. The van der Waals surface area contributed by atoms with Crippen LogP contribution in [0.5, 0.6) is 0 Å². The van der Waals surface area contributed by atoms with Gasteiger partial charge < -0.3 is 10.2 Å². The van der Waals surface area contributed by atoms with Gasteiger partial charge >= 0.3 is 0 Å². The van der Waals surface area contributed by atoms with Crippen LogP contribution in [-0.2, 0) is 6.54 Å². The Kier molecular flexibility index (Phi) is 4.28. The molecule has 2 rings (SSSR count). The van der Waals surface area contributed by atoms with Crippen LogP contribution in [0.25, 0.3) is 0 Å². The summed E-state index contributed by atoms with van der Waals surface area (Å²) < 4.78 is 0. The van der Waals surface area contributed by atoms with Crippen LogP contribution in [0.1, 0.15) is 39.2 Å². The molecule has 18 heavy (non-hydrogen) atoms. The highest BCUT2D eigenvalue weighted by Gasteiger charge is 2.26. The lowest BCUT2D eigenvalue weighted by atomic mass is 9.84. The number of nitrogens with one attached hydrogen (secondary N) is 1. The van der Waals surface area contributed by atoms with Gasteiger partial charge in [0, 0.05) is 25.3 Å². The van der Waals surface area contributed by atoms with Crippen molar-refractivity contribution in [3.8, 4) is 0 Å². The highest BCUT2D eigenvalue weighted by Crippen LogP contribution is 2.31. The van der Waals surface area contributed by atoms with Crippen molar-refractivity contribution < 1.29 is 0 Å². The molecule has 0 unspecified atom stereocenters. The van der Waals surface area contributed by atoms with Crippen molar-refractivity contribution in [2.75, 3.05) is 24.5 Å². The fraction of sp³-hybridized carbons (Fsp3) is 0.625. The summed E-state index contributed by atoms with van der Waals surface area (Å²) in [6.45, 7) is 11.3. The van der Waals surface area contributed by atoms with E-state index in [1.165, 1.54) is 37.2 Å². The molecule has 1 aliphatic rings. The van der Waals surface area contributed by atoms with E-state index in [0.717, 1.165) is 13.1 Å². The van der Waals surface area contributed by atoms with Crippen molar-refractivity contribution in [3.63, 3.8) is 0 Å². The lowest BCUT2D eigenvalue weighted by molar-refractivity contribution is 0.293. The van der Waals surface area contributed by atoms with Crippen LogP contribution in [0.2, 0.25) is 0 Å². The Bertz CT molecular complexity index is 367. The van der Waals surface area contributed by atoms with Crippen LogP contribution in [-0.4, -0.2) is 19.6 Å². The Morgan fingerprint density at radius 2 is 1.94 bits per heavy atom. The molecule has 1 fully saturated rings. The van der Waals surface area contributed by atoms with E-state index < -0.39 is 0 Å². The second kappa shape index (κ2) is 5.75. The monoisotopic (exact) mass is 246 g/mol. The van der Waals surface area contributed by atoms with E-state index in [9.17, 15) is 0 Å². The topological polar surface area (TPSA) is 15.3 Å². The van der Waals surface area contributed by atoms with Crippen LogP contribution in [0.4, 0.5) is 5.69 Å². The molecular weight excluding hydrogens is 220 g/mol. The second-order valence-corrected chi connectivity index (χ2v) is 6.14. The molecule has 0 aromatic heterocycles. The summed E-state index contributed by atoms with van der Waals surface area (Å²) in [4.78, 5) is 2.53. The van der Waals surface area contributed by atoms with Gasteiger partial charge in [0.25, 0.3) is 0 Å². The lowest BCUT2D eigenvalue weighted by Crippen LogP contribution is -2.40. The highest BCUT2D eigenvalue weighted by atomic mass is 15.1. The molecule has 0 spiro atoms. The van der Waals surface area contributed by atoms with Crippen molar-refractivity contribution >= 4 is 5.69 Å². The fourth-order valence-electron chi connectivity index (χ4n) is 2.74. The summed E-state index contributed by atoms with van der Waals surface area (Å²) in [6, 6.07) is 9.04. The Balaban J connectivity index is 2.00. The molecule has 0 atom stereocenters. The molecular formula is C16H26N2. The number of piperidine rings is 1. The number of anilines is 1. The van der Waals surface area contributed by atoms with Crippen LogP contribution in [0, 0.1) is 5.41 Å². The van der Waals surface area contributed by atoms with E-state index in [4.69, 9.17) is 0 Å². The molecule has 2 nitrogen and oxygen atoms in total. The average Bonchev–Trinajstić information content (AvgIpc) is 2.36. The quantitative estimate of drug-likeness (QED) is 0.875. The molecule has 0 bridgehead atoms. The van der Waals surface area contributed by atoms with Gasteiger partial charge in [-0.1, -0.05) is 32.9 Å². The number of benzene rings is 1. The maximum Gasteiger partial charge on any atom is 0.0366 e. The highest BCUT2D eigenvalue weighted by molar-refractivity contribution is 5.48. The third-order valence-electron chi connectivity index (χ3n) is 3.78. The fourth-order valence-corrected chi connectivity index (χ4v) is 2.74. The summed E-state index contributed by atoms with van der Waals surface area (Å²) in [7, 11) is 0. The maximum absolute atomic E-state index is 3.36. The molecule has 2 heteroatoms. The average molecular weight is 246 g/mol. The van der Waals surface area contributed by atoms with Gasteiger partial charge in [-0.25, -0.2) is 0 Å². The SMILES string of the molecule is CCNCc1ccc(N2CCCC(C)(C)C2)cc1. The third kappa shape index (κ3) is 3.49. The number of hydrogen-bond donors (Lipinski definition) is 1. The maximum atomic E-state index is 3.36. The van der Waals surface area contributed by atoms with E-state index >= 15 is 0 Å². The second-order valence-electron chi connectivity index (χ2n) is 6.14. The lowest BCUT2D eigenvalue weighted by Gasteiger charge is -2.39. The molecule has 1 heterocycles. The number of nitrogens with zero attached hydrogens (tertiary/aromatic N) is 1. The first-order chi connectivity index (χ1) is 8.61. The van der Waals surface area contributed by atoms with Gasteiger partial charge in [0.2, 0.25) is 0 Å². The summed E-state index contributed by atoms with van der Waals surface area (Å²) in [5.41, 5.74) is 3.21. The zero-order chi connectivity index (χ0) is 13.0. The van der Waals surface area contributed by atoms with Crippen molar-refractivity contribution in [3.05, 3.63) is 29.8 Å². The first-order valence-electron chi connectivity index (χ1n) is 7.15. The number of hydrogen-bond acceptors (Lipinski definition) is 2. The van der Waals surface area contributed by atoms with Crippen molar-refractivity contribution in [2.45, 2.75) is 40.2 Å². The van der Waals surface area contributed by atoms with E-state index in [-0.39, 0.29) is 0 Å². The molecule has 1 aromatic rings. The molecule has 0 saturated carbocycles. The first-order valence-corrected chi connectivity index (χ1v) is 7.15. The zero-order valence-corrected chi connectivity index (χ0v) is 12.0. The smallest absolute Gasteiger partial charge is 0.0366 e. The Morgan fingerprint density at radius 3 is 2.56 bits per heavy atom. The van der Waals surface area contributed by atoms with Crippen LogP contribution < -0.4 is 10.2 Å². The van der Waals surface area contributed by atoms with E-state index in [0.29, 0.717) is 5.41 Å². The summed E-state index contributed by atoms with van der Waals surface area (Å²) in [5, 5.41) is 3.36. The van der Waals surface area contributed by atoms with Crippen LogP contribution in [0.15, 0.2) is 24.3 Å². The largest absolute Gasteiger partial charge is 0.371 e. The summed E-state index contributed by atoms with van der Waals surface area (Å²) >= 11 is 0. The van der Waals surface area contributed by atoms with E-state index in [1.807, 2.05) is 0 Å². The van der Waals surface area contributed by atoms with E-state index in [2.05, 4.69) is 55.3 Å². The van der Waals surface area contributed by atoms with Crippen molar-refractivity contribution in [1.82, 2.24) is 5.32 Å². The van der Waals surface area contributed by atoms with Gasteiger partial charge in [0.05, 0.1) is 0 Å². The molecule has 100 valence electrons. The Hall–Kier alpha value is -1.02. The molecule has 0 aliphatic carbocycles. The van der Waals surface area contributed by atoms with Crippen LogP contribution in [0.3, 0.4) is 0 Å². The minimum Gasteiger partial charge on any atom is -0.371 e. The van der Waals surface area contributed by atoms with Gasteiger partial charge in [-0.05, 0) is 42.5 Å². The van der Waals surface area contributed by atoms with Crippen LogP contribution >= 0.6 is 0 Å². The molecule has 0 amide bonds. The van der Waals surface area contributed by atoms with Gasteiger partial charge in [0.15, 0.2) is 0 Å². The van der Waals surface area contributed by atoms with E-state index in [1.54, 1.807) is 0 Å².